The Morgan fingerprint density at radius 3 is 2.29 bits per heavy atom. The van der Waals surface area contributed by atoms with Gasteiger partial charge in [-0.1, -0.05) is 81.1 Å². The Morgan fingerprint density at radius 2 is 1.55 bits per heavy atom. The Balaban J connectivity index is 1.11. The van der Waals surface area contributed by atoms with Gasteiger partial charge >= 0.3 is 17.9 Å². The number of carbonyl (C=O) groups is 3. The Morgan fingerprint density at radius 1 is 0.810 bits per heavy atom. The number of benzene rings is 3. The molecular formula is C36H36O6. The molecule has 0 heterocycles. The van der Waals surface area contributed by atoms with E-state index in [-0.39, 0.29) is 48.5 Å². The van der Waals surface area contributed by atoms with E-state index in [1.807, 2.05) is 66.7 Å². The van der Waals surface area contributed by atoms with E-state index in [1.54, 1.807) is 12.2 Å². The molecule has 2 saturated carbocycles. The lowest BCUT2D eigenvalue weighted by Crippen LogP contribution is -2.27. The van der Waals surface area contributed by atoms with Crippen LogP contribution >= 0.6 is 0 Å². The first kappa shape index (κ1) is 29.1. The minimum atomic E-state index is -0.483. The van der Waals surface area contributed by atoms with Gasteiger partial charge in [-0.05, 0) is 75.8 Å². The number of hydrogen-bond acceptors (Lipinski definition) is 6. The summed E-state index contributed by atoms with van der Waals surface area (Å²) in [6.45, 7) is 8.20. The molecule has 216 valence electrons. The van der Waals surface area contributed by atoms with Gasteiger partial charge in [0.1, 0.15) is 19.3 Å². The molecule has 0 N–H and O–H groups in total. The van der Waals surface area contributed by atoms with Gasteiger partial charge in [0.05, 0.1) is 0 Å². The lowest BCUT2D eigenvalue weighted by atomic mass is 9.80. The minimum absolute atomic E-state index is 0.00410. The molecule has 6 nitrogen and oxygen atoms in total. The molecule has 0 amide bonds. The van der Waals surface area contributed by atoms with Crippen LogP contribution in [0.1, 0.15) is 43.4 Å². The van der Waals surface area contributed by atoms with Gasteiger partial charge in [-0.2, -0.15) is 0 Å². The molecule has 2 fully saturated rings. The first-order valence-electron chi connectivity index (χ1n) is 14.3. The summed E-state index contributed by atoms with van der Waals surface area (Å²) < 4.78 is 16.5. The highest BCUT2D eigenvalue weighted by Crippen LogP contribution is 2.61. The fourth-order valence-corrected chi connectivity index (χ4v) is 6.54. The molecule has 3 aromatic rings. The second-order valence-corrected chi connectivity index (χ2v) is 11.7. The van der Waals surface area contributed by atoms with Crippen molar-refractivity contribution >= 4 is 34.8 Å². The van der Waals surface area contributed by atoms with Crippen molar-refractivity contribution < 1.29 is 28.6 Å². The molecule has 2 bridgehead atoms. The predicted octanol–water partition coefficient (Wildman–Crippen LogP) is 6.98. The lowest BCUT2D eigenvalue weighted by molar-refractivity contribution is -0.146. The number of esters is 3. The molecule has 0 aliphatic heterocycles. The fourth-order valence-electron chi connectivity index (χ4n) is 6.54. The van der Waals surface area contributed by atoms with E-state index in [0.29, 0.717) is 5.92 Å². The molecule has 4 atom stereocenters. The molecule has 4 unspecified atom stereocenters. The number of ether oxygens (including phenoxy) is 3. The summed E-state index contributed by atoms with van der Waals surface area (Å²) in [6, 6.07) is 21.6. The molecule has 6 heteroatoms. The first-order chi connectivity index (χ1) is 20.2. The SMILES string of the molecule is C=CC(=O)OCc1cccc(/C=C/C(=O)OC2CC3C(/C=C\C(=O)OCc4ccc5ccccc5c4)CC2C3(C)C)c1. The molecule has 5 rings (SSSR count). The van der Waals surface area contributed by atoms with Crippen molar-refractivity contribution in [3.8, 4) is 0 Å². The van der Waals surface area contributed by atoms with E-state index in [0.717, 1.165) is 46.4 Å². The predicted molar refractivity (Wildman–Crippen MR) is 162 cm³/mol. The Labute approximate surface area is 246 Å². The highest BCUT2D eigenvalue weighted by Gasteiger charge is 2.58. The van der Waals surface area contributed by atoms with Crippen molar-refractivity contribution in [2.45, 2.75) is 46.0 Å². The summed E-state index contributed by atoms with van der Waals surface area (Å²) in [5.74, 6) is -0.449. The zero-order valence-corrected chi connectivity index (χ0v) is 24.0. The van der Waals surface area contributed by atoms with E-state index in [2.05, 4.69) is 26.5 Å². The monoisotopic (exact) mass is 564 g/mol. The number of carbonyl (C=O) groups excluding carboxylic acids is 3. The quantitative estimate of drug-likeness (QED) is 0.150. The average molecular weight is 565 g/mol. The van der Waals surface area contributed by atoms with Crippen LogP contribution in [0, 0.1) is 23.2 Å². The zero-order chi connectivity index (χ0) is 29.7. The number of hydrogen-bond donors (Lipinski definition) is 0. The van der Waals surface area contributed by atoms with E-state index in [9.17, 15) is 14.4 Å². The molecule has 42 heavy (non-hydrogen) atoms. The summed E-state index contributed by atoms with van der Waals surface area (Å²) in [5.41, 5.74) is 2.57. The topological polar surface area (TPSA) is 78.9 Å². The van der Waals surface area contributed by atoms with Crippen LogP contribution in [-0.4, -0.2) is 24.0 Å². The standard InChI is InChI=1S/C36H36O6/c1-4-33(37)40-22-25-9-7-8-24(18-25)13-16-35(39)42-32-21-30-29(20-31(32)36(30,2)3)15-17-34(38)41-23-26-12-14-27-10-5-6-11-28(27)19-26/h4-19,29-32H,1,20-23H2,2-3H3/b16-13+,17-15-. The molecule has 2 aliphatic rings. The van der Waals surface area contributed by atoms with Crippen LogP contribution in [0.25, 0.3) is 16.8 Å². The van der Waals surface area contributed by atoms with Gasteiger partial charge in [-0.3, -0.25) is 0 Å². The molecule has 2 aliphatic carbocycles. The van der Waals surface area contributed by atoms with Crippen molar-refractivity contribution in [2.24, 2.45) is 23.2 Å². The molecule has 3 aromatic carbocycles. The Kier molecular flexibility index (Phi) is 8.72. The van der Waals surface area contributed by atoms with Crippen LogP contribution in [-0.2, 0) is 41.8 Å². The van der Waals surface area contributed by atoms with Gasteiger partial charge in [0.25, 0.3) is 0 Å². The second kappa shape index (κ2) is 12.6. The summed E-state index contributed by atoms with van der Waals surface area (Å²) >= 11 is 0. The molecule has 0 spiro atoms. The number of allylic oxidation sites excluding steroid dienone is 1. The van der Waals surface area contributed by atoms with Gasteiger partial charge in [0.15, 0.2) is 0 Å². The maximum atomic E-state index is 12.7. The van der Waals surface area contributed by atoms with Crippen LogP contribution in [0.15, 0.2) is 97.6 Å². The summed E-state index contributed by atoms with van der Waals surface area (Å²) in [6.07, 6.45) is 9.27. The minimum Gasteiger partial charge on any atom is -0.459 e. The van der Waals surface area contributed by atoms with Crippen molar-refractivity contribution in [3.05, 3.63) is 114 Å². The van der Waals surface area contributed by atoms with Crippen molar-refractivity contribution in [2.75, 3.05) is 0 Å². The summed E-state index contributed by atoms with van der Waals surface area (Å²) in [5, 5.41) is 2.27. The van der Waals surface area contributed by atoms with Crippen LogP contribution in [0.3, 0.4) is 0 Å². The number of fused-ring (bicyclic) bond motifs is 3. The molecule has 0 saturated heterocycles. The summed E-state index contributed by atoms with van der Waals surface area (Å²) in [7, 11) is 0. The van der Waals surface area contributed by atoms with Gasteiger partial charge in [-0.25, -0.2) is 14.4 Å². The van der Waals surface area contributed by atoms with E-state index < -0.39 is 5.97 Å². The largest absolute Gasteiger partial charge is 0.459 e. The fraction of sp³-hybridized carbons (Fsp3) is 0.306. The van der Waals surface area contributed by atoms with Gasteiger partial charge in [0, 0.05) is 24.1 Å². The third-order valence-corrected chi connectivity index (χ3v) is 8.74. The zero-order valence-electron chi connectivity index (χ0n) is 24.0. The third kappa shape index (κ3) is 6.71. The Hall–Kier alpha value is -4.45. The van der Waals surface area contributed by atoms with Crippen molar-refractivity contribution in [1.29, 1.82) is 0 Å². The highest BCUT2D eigenvalue weighted by atomic mass is 16.5. The van der Waals surface area contributed by atoms with Crippen LogP contribution < -0.4 is 0 Å². The van der Waals surface area contributed by atoms with E-state index >= 15 is 0 Å². The average Bonchev–Trinajstić information content (AvgIpc) is 3.39. The maximum Gasteiger partial charge on any atom is 0.331 e. The molecule has 0 aromatic heterocycles. The number of rotatable bonds is 10. The Bertz CT molecular complexity index is 1550. The van der Waals surface area contributed by atoms with E-state index in [1.165, 1.54) is 6.08 Å². The normalized spacial score (nSPS) is 22.4. The van der Waals surface area contributed by atoms with Crippen molar-refractivity contribution in [1.82, 2.24) is 0 Å². The van der Waals surface area contributed by atoms with E-state index in [4.69, 9.17) is 14.2 Å². The van der Waals surface area contributed by atoms with Gasteiger partial charge in [0.2, 0.25) is 0 Å². The van der Waals surface area contributed by atoms with Gasteiger partial charge in [-0.15, -0.1) is 0 Å². The molecule has 0 radical (unpaired) electrons. The maximum absolute atomic E-state index is 12.7. The smallest absolute Gasteiger partial charge is 0.331 e. The van der Waals surface area contributed by atoms with Crippen LogP contribution in [0.2, 0.25) is 0 Å². The highest BCUT2D eigenvalue weighted by molar-refractivity contribution is 5.87. The van der Waals surface area contributed by atoms with Crippen molar-refractivity contribution in [3.63, 3.8) is 0 Å². The summed E-state index contributed by atoms with van der Waals surface area (Å²) in [4.78, 5) is 36.5. The first-order valence-corrected chi connectivity index (χ1v) is 14.3. The lowest BCUT2D eigenvalue weighted by Gasteiger charge is -2.26. The molecular weight excluding hydrogens is 528 g/mol. The van der Waals surface area contributed by atoms with Gasteiger partial charge < -0.3 is 14.2 Å². The van der Waals surface area contributed by atoms with Crippen LogP contribution in [0.5, 0.6) is 0 Å². The van der Waals surface area contributed by atoms with Crippen LogP contribution in [0.4, 0.5) is 0 Å². The second-order valence-electron chi connectivity index (χ2n) is 11.7. The third-order valence-electron chi connectivity index (χ3n) is 8.74.